The van der Waals surface area contributed by atoms with Crippen LogP contribution in [-0.4, -0.2) is 33.5 Å². The second-order valence-electron chi connectivity index (χ2n) is 3.55. The number of carbonyl (C=O) groups excluding carboxylic acids is 2. The van der Waals surface area contributed by atoms with E-state index in [9.17, 15) is 14.7 Å². The summed E-state index contributed by atoms with van der Waals surface area (Å²) >= 11 is 0. The number of ketones is 2. The molecule has 0 radical (unpaired) electrons. The second kappa shape index (κ2) is 2.64. The van der Waals surface area contributed by atoms with E-state index >= 15 is 0 Å². The van der Waals surface area contributed by atoms with Crippen molar-refractivity contribution in [3.63, 3.8) is 0 Å². The number of hydrogen-bond acceptors (Lipinski definition) is 4. The molecule has 0 aliphatic heterocycles. The van der Waals surface area contributed by atoms with Crippen LogP contribution in [0.4, 0.5) is 0 Å². The molecule has 4 heteroatoms. The predicted molar refractivity (Wildman–Crippen MR) is 40.4 cm³/mol. The lowest BCUT2D eigenvalue weighted by molar-refractivity contribution is -0.160. The summed E-state index contributed by atoms with van der Waals surface area (Å²) in [6.07, 6.45) is -1.54. The maximum absolute atomic E-state index is 11.1. The molecule has 1 aliphatic carbocycles. The van der Waals surface area contributed by atoms with Crippen molar-refractivity contribution < 1.29 is 19.8 Å². The van der Waals surface area contributed by atoms with Crippen molar-refractivity contribution >= 4 is 11.6 Å². The zero-order valence-corrected chi connectivity index (χ0v) is 7.07. The molecule has 2 N–H and O–H groups in total. The lowest BCUT2D eigenvalue weighted by atomic mass is 9.77. The molecule has 0 amide bonds. The molecule has 0 aromatic rings. The number of aliphatic hydroxyl groups is 2. The van der Waals surface area contributed by atoms with Gasteiger partial charge in [-0.3, -0.25) is 9.59 Å². The summed E-state index contributed by atoms with van der Waals surface area (Å²) in [6, 6.07) is 0. The first-order valence-electron chi connectivity index (χ1n) is 3.85. The van der Waals surface area contributed by atoms with Gasteiger partial charge in [0, 0.05) is 5.92 Å². The van der Waals surface area contributed by atoms with Gasteiger partial charge in [0.2, 0.25) is 0 Å². The van der Waals surface area contributed by atoms with Crippen molar-refractivity contribution in [2.75, 3.05) is 0 Å². The number of carbonyl (C=O) groups is 2. The summed E-state index contributed by atoms with van der Waals surface area (Å²) in [5.41, 5.74) is -1.55. The van der Waals surface area contributed by atoms with E-state index in [1.807, 2.05) is 0 Å². The zero-order chi connectivity index (χ0) is 9.52. The molecule has 0 saturated heterocycles. The molecule has 1 rings (SSSR count). The first-order chi connectivity index (χ1) is 5.36. The molecule has 12 heavy (non-hydrogen) atoms. The maximum atomic E-state index is 11.1. The summed E-state index contributed by atoms with van der Waals surface area (Å²) < 4.78 is 0. The smallest absolute Gasteiger partial charge is 0.199 e. The third-order valence-electron chi connectivity index (χ3n) is 2.24. The fraction of sp³-hybridized carbons (Fsp3) is 0.750. The van der Waals surface area contributed by atoms with E-state index in [4.69, 9.17) is 5.11 Å². The molecule has 4 nitrogen and oxygen atoms in total. The quantitative estimate of drug-likeness (QED) is 0.473. The normalized spacial score (nSPS) is 43.3. The van der Waals surface area contributed by atoms with Crippen molar-refractivity contribution in [1.29, 1.82) is 0 Å². The van der Waals surface area contributed by atoms with E-state index < -0.39 is 29.2 Å². The predicted octanol–water partition coefficient (Wildman–Crippen LogP) is -0.724. The highest BCUT2D eigenvalue weighted by atomic mass is 16.3. The van der Waals surface area contributed by atoms with Crippen LogP contribution in [0.25, 0.3) is 0 Å². The molecule has 68 valence electrons. The Labute approximate surface area is 70.2 Å². The lowest BCUT2D eigenvalue weighted by Gasteiger charge is -2.32. The second-order valence-corrected chi connectivity index (χ2v) is 3.55. The summed E-state index contributed by atoms with van der Waals surface area (Å²) in [5.74, 6) is -1.73. The van der Waals surface area contributed by atoms with Gasteiger partial charge in [-0.2, -0.15) is 0 Å². The van der Waals surface area contributed by atoms with Gasteiger partial charge >= 0.3 is 0 Å². The molecular weight excluding hydrogens is 160 g/mol. The maximum Gasteiger partial charge on any atom is 0.199 e. The van der Waals surface area contributed by atoms with Gasteiger partial charge in [-0.25, -0.2) is 0 Å². The summed E-state index contributed by atoms with van der Waals surface area (Å²) in [7, 11) is 0. The Morgan fingerprint density at radius 2 is 2.00 bits per heavy atom. The number of Topliss-reactive ketones (excluding diaryl/α,β-unsaturated/α-hetero) is 2. The lowest BCUT2D eigenvalue weighted by Crippen LogP contribution is -2.53. The minimum absolute atomic E-state index is 0.0989. The van der Waals surface area contributed by atoms with Gasteiger partial charge < -0.3 is 10.2 Å². The summed E-state index contributed by atoms with van der Waals surface area (Å²) in [6.45, 7) is 2.91. The van der Waals surface area contributed by atoms with Crippen LogP contribution in [0.1, 0.15) is 20.3 Å². The molecular formula is C8H12O4. The van der Waals surface area contributed by atoms with E-state index in [-0.39, 0.29) is 6.42 Å². The largest absolute Gasteiger partial charge is 0.382 e. The molecule has 0 aromatic heterocycles. The SMILES string of the molecule is CC1C[C@](C)(O)C(=O)[C@@H](O)C1=O. The standard InChI is InChI=1S/C8H12O4/c1-4-3-8(2,12)7(11)6(10)5(4)9/h4,6,10,12H,3H2,1-2H3/t4?,6-,8-/m0/s1. The first-order valence-corrected chi connectivity index (χ1v) is 3.85. The van der Waals surface area contributed by atoms with Gasteiger partial charge in [0.15, 0.2) is 17.7 Å². The van der Waals surface area contributed by atoms with Crippen LogP contribution < -0.4 is 0 Å². The third kappa shape index (κ3) is 1.28. The monoisotopic (exact) mass is 172 g/mol. The molecule has 0 bridgehead atoms. The van der Waals surface area contributed by atoms with E-state index in [0.29, 0.717) is 0 Å². The number of aliphatic hydroxyl groups excluding tert-OH is 1. The van der Waals surface area contributed by atoms with E-state index in [2.05, 4.69) is 0 Å². The molecule has 0 spiro atoms. The highest BCUT2D eigenvalue weighted by Crippen LogP contribution is 2.26. The van der Waals surface area contributed by atoms with Gasteiger partial charge in [-0.1, -0.05) is 6.92 Å². The Balaban J connectivity index is 2.93. The van der Waals surface area contributed by atoms with E-state index in [1.165, 1.54) is 6.92 Å². The van der Waals surface area contributed by atoms with Gasteiger partial charge in [-0.05, 0) is 13.3 Å². The van der Waals surface area contributed by atoms with Crippen molar-refractivity contribution in [2.45, 2.75) is 32.0 Å². The average Bonchev–Trinajstić information content (AvgIpc) is 1.97. The van der Waals surface area contributed by atoms with Crippen LogP contribution in [-0.2, 0) is 9.59 Å². The highest BCUT2D eigenvalue weighted by Gasteiger charge is 2.46. The van der Waals surface area contributed by atoms with Crippen molar-refractivity contribution in [3.8, 4) is 0 Å². The van der Waals surface area contributed by atoms with Crippen molar-refractivity contribution in [3.05, 3.63) is 0 Å². The van der Waals surface area contributed by atoms with Gasteiger partial charge in [-0.15, -0.1) is 0 Å². The molecule has 1 aliphatic rings. The zero-order valence-electron chi connectivity index (χ0n) is 7.07. The minimum Gasteiger partial charge on any atom is -0.382 e. The molecule has 1 unspecified atom stereocenters. The Morgan fingerprint density at radius 1 is 1.50 bits per heavy atom. The van der Waals surface area contributed by atoms with Crippen molar-refractivity contribution in [1.82, 2.24) is 0 Å². The van der Waals surface area contributed by atoms with Crippen LogP contribution >= 0.6 is 0 Å². The van der Waals surface area contributed by atoms with Crippen LogP contribution in [0.15, 0.2) is 0 Å². The number of hydrogen-bond donors (Lipinski definition) is 2. The van der Waals surface area contributed by atoms with Crippen molar-refractivity contribution in [2.24, 2.45) is 5.92 Å². The van der Waals surface area contributed by atoms with Crippen LogP contribution in [0.2, 0.25) is 0 Å². The van der Waals surface area contributed by atoms with Gasteiger partial charge in [0.1, 0.15) is 5.60 Å². The van der Waals surface area contributed by atoms with Gasteiger partial charge in [0.25, 0.3) is 0 Å². The first kappa shape index (κ1) is 9.35. The fourth-order valence-corrected chi connectivity index (χ4v) is 1.49. The Kier molecular flexibility index (Phi) is 2.06. The van der Waals surface area contributed by atoms with E-state index in [0.717, 1.165) is 0 Å². The fourth-order valence-electron chi connectivity index (χ4n) is 1.49. The van der Waals surface area contributed by atoms with Crippen LogP contribution in [0.5, 0.6) is 0 Å². The molecule has 1 saturated carbocycles. The Bertz CT molecular complexity index is 231. The average molecular weight is 172 g/mol. The molecule has 1 fully saturated rings. The summed E-state index contributed by atoms with van der Waals surface area (Å²) in [4.78, 5) is 22.1. The summed E-state index contributed by atoms with van der Waals surface area (Å²) in [5, 5.41) is 18.5. The van der Waals surface area contributed by atoms with Gasteiger partial charge in [0.05, 0.1) is 0 Å². The molecule has 3 atom stereocenters. The Hall–Kier alpha value is -0.740. The molecule has 0 heterocycles. The molecule has 0 aromatic carbocycles. The topological polar surface area (TPSA) is 74.6 Å². The number of rotatable bonds is 0. The third-order valence-corrected chi connectivity index (χ3v) is 2.24. The minimum atomic E-state index is -1.64. The van der Waals surface area contributed by atoms with E-state index in [1.54, 1.807) is 6.92 Å². The Morgan fingerprint density at radius 3 is 2.50 bits per heavy atom. The highest BCUT2D eigenvalue weighted by molar-refractivity contribution is 6.11. The van der Waals surface area contributed by atoms with Crippen LogP contribution in [0.3, 0.4) is 0 Å². The van der Waals surface area contributed by atoms with Crippen LogP contribution in [0, 0.1) is 5.92 Å².